The van der Waals surface area contributed by atoms with Gasteiger partial charge in [-0.05, 0) is 58.1 Å². The lowest BCUT2D eigenvalue weighted by Gasteiger charge is -2.21. The van der Waals surface area contributed by atoms with E-state index in [1.165, 1.54) is 13.1 Å². The Labute approximate surface area is 241 Å². The summed E-state index contributed by atoms with van der Waals surface area (Å²) in [6, 6.07) is 21.9. The molecule has 11 heteroatoms. The van der Waals surface area contributed by atoms with Crippen molar-refractivity contribution in [1.82, 2.24) is 15.6 Å². The number of anilines is 1. The summed E-state index contributed by atoms with van der Waals surface area (Å²) >= 11 is 6.70. The van der Waals surface area contributed by atoms with Crippen LogP contribution in [-0.4, -0.2) is 35.9 Å². The molecule has 0 saturated carbocycles. The van der Waals surface area contributed by atoms with Crippen LogP contribution in [0.5, 0.6) is 0 Å². The summed E-state index contributed by atoms with van der Waals surface area (Å²) in [5.74, 6) is -0.380. The third kappa shape index (κ3) is 8.01. The maximum atomic E-state index is 12.7. The zero-order chi connectivity index (χ0) is 27.8. The van der Waals surface area contributed by atoms with Gasteiger partial charge in [0.05, 0.1) is 17.8 Å². The van der Waals surface area contributed by atoms with E-state index in [-0.39, 0.29) is 12.5 Å². The molecule has 4 aromatic rings. The summed E-state index contributed by atoms with van der Waals surface area (Å²) in [7, 11) is 0. The zero-order valence-electron chi connectivity index (χ0n) is 20.7. The second-order valence-corrected chi connectivity index (χ2v) is 10.2. The lowest BCUT2D eigenvalue weighted by molar-refractivity contribution is 0.0619. The third-order valence-corrected chi connectivity index (χ3v) is 6.44. The molecular formula is C28H24Br2N4O5. The Bertz CT molecular complexity index is 1490. The van der Waals surface area contributed by atoms with E-state index in [1.807, 2.05) is 42.5 Å². The van der Waals surface area contributed by atoms with Crippen molar-refractivity contribution in [3.05, 3.63) is 105 Å². The summed E-state index contributed by atoms with van der Waals surface area (Å²) in [4.78, 5) is 41.8. The maximum Gasteiger partial charge on any atom is 0.413 e. The summed E-state index contributed by atoms with van der Waals surface area (Å²) in [6.07, 6.45) is -0.396. The second kappa shape index (κ2) is 13.2. The standard InChI is InChI=1S/C28H24Br2N4O5/c1-17(38-28(37)34-24-11-5-7-18-6-2-3-10-23(18)24)33-27(36)39-25(19-8-4-9-21(29)12-19)16-32-26(35)20-13-22(30)15-31-14-20/h2-15,17,25H,16H2,1H3,(H,32,35)(H,33,36)(H,34,37). The molecule has 0 spiro atoms. The highest BCUT2D eigenvalue weighted by atomic mass is 79.9. The van der Waals surface area contributed by atoms with Crippen LogP contribution in [0.25, 0.3) is 10.8 Å². The number of alkyl carbamates (subject to hydrolysis) is 1. The Morgan fingerprint density at radius 2 is 1.64 bits per heavy atom. The van der Waals surface area contributed by atoms with Gasteiger partial charge in [-0.3, -0.25) is 20.4 Å². The Morgan fingerprint density at radius 3 is 2.44 bits per heavy atom. The number of ether oxygens (including phenoxy) is 2. The van der Waals surface area contributed by atoms with Gasteiger partial charge in [0.1, 0.15) is 6.10 Å². The molecule has 3 N–H and O–H groups in total. The number of benzene rings is 3. The molecule has 0 fully saturated rings. The van der Waals surface area contributed by atoms with Gasteiger partial charge in [0.25, 0.3) is 5.91 Å². The molecular weight excluding hydrogens is 632 g/mol. The van der Waals surface area contributed by atoms with E-state index >= 15 is 0 Å². The largest absolute Gasteiger partial charge is 0.439 e. The summed E-state index contributed by atoms with van der Waals surface area (Å²) in [6.45, 7) is 1.49. The van der Waals surface area contributed by atoms with Crippen molar-refractivity contribution in [1.29, 1.82) is 0 Å². The number of rotatable bonds is 8. The van der Waals surface area contributed by atoms with Crippen LogP contribution in [0.3, 0.4) is 0 Å². The molecule has 3 amide bonds. The van der Waals surface area contributed by atoms with Crippen LogP contribution in [0.1, 0.15) is 28.9 Å². The van der Waals surface area contributed by atoms with Gasteiger partial charge >= 0.3 is 12.2 Å². The lowest BCUT2D eigenvalue weighted by Crippen LogP contribution is -2.39. The van der Waals surface area contributed by atoms with Crippen LogP contribution in [0.15, 0.2) is 94.1 Å². The number of nitrogens with zero attached hydrogens (tertiary/aromatic N) is 1. The van der Waals surface area contributed by atoms with Crippen LogP contribution in [-0.2, 0) is 9.47 Å². The molecule has 3 aromatic carbocycles. The number of fused-ring (bicyclic) bond motifs is 1. The second-order valence-electron chi connectivity index (χ2n) is 8.39. The first kappa shape index (κ1) is 28.1. The third-order valence-electron chi connectivity index (χ3n) is 5.52. The molecule has 0 aliphatic heterocycles. The van der Waals surface area contributed by atoms with Crippen LogP contribution >= 0.6 is 31.9 Å². The van der Waals surface area contributed by atoms with E-state index in [1.54, 1.807) is 36.5 Å². The van der Waals surface area contributed by atoms with E-state index in [2.05, 4.69) is 52.8 Å². The van der Waals surface area contributed by atoms with Gasteiger partial charge in [-0.15, -0.1) is 0 Å². The minimum absolute atomic E-state index is 0.00791. The number of hydrogen-bond donors (Lipinski definition) is 3. The van der Waals surface area contributed by atoms with Gasteiger partial charge in [-0.25, -0.2) is 9.59 Å². The number of nitrogens with one attached hydrogen (secondary N) is 3. The SMILES string of the molecule is CC(NC(=O)OC(CNC(=O)c1cncc(Br)c1)c1cccc(Br)c1)OC(=O)Nc1cccc2ccccc12. The van der Waals surface area contributed by atoms with Gasteiger partial charge in [-0.1, -0.05) is 64.5 Å². The number of hydrogen-bond acceptors (Lipinski definition) is 6. The van der Waals surface area contributed by atoms with Gasteiger partial charge in [-0.2, -0.15) is 0 Å². The first-order valence-corrected chi connectivity index (χ1v) is 13.4. The Morgan fingerprint density at radius 1 is 0.872 bits per heavy atom. The number of pyridine rings is 1. The summed E-state index contributed by atoms with van der Waals surface area (Å²) in [5, 5.41) is 9.77. The minimum Gasteiger partial charge on any atom is -0.439 e. The van der Waals surface area contributed by atoms with Gasteiger partial charge in [0, 0.05) is 26.7 Å². The van der Waals surface area contributed by atoms with Crippen LogP contribution < -0.4 is 16.0 Å². The Balaban J connectivity index is 1.36. The van der Waals surface area contributed by atoms with Crippen molar-refractivity contribution in [2.45, 2.75) is 19.3 Å². The highest BCUT2D eigenvalue weighted by molar-refractivity contribution is 9.10. The van der Waals surface area contributed by atoms with Crippen molar-refractivity contribution in [3.8, 4) is 0 Å². The summed E-state index contributed by atoms with van der Waals surface area (Å²) < 4.78 is 12.3. The molecule has 0 aliphatic rings. The molecule has 0 saturated heterocycles. The maximum absolute atomic E-state index is 12.7. The van der Waals surface area contributed by atoms with Gasteiger partial charge < -0.3 is 14.8 Å². The van der Waals surface area contributed by atoms with Crippen molar-refractivity contribution >= 4 is 66.4 Å². The fourth-order valence-electron chi connectivity index (χ4n) is 3.75. The molecule has 1 heterocycles. The average Bonchev–Trinajstić information content (AvgIpc) is 2.91. The van der Waals surface area contributed by atoms with Crippen LogP contribution in [0, 0.1) is 0 Å². The molecule has 0 aliphatic carbocycles. The number of carbonyl (C=O) groups is 3. The minimum atomic E-state index is -1.00. The molecule has 2 atom stereocenters. The molecule has 200 valence electrons. The highest BCUT2D eigenvalue weighted by Gasteiger charge is 2.21. The first-order chi connectivity index (χ1) is 18.8. The van der Waals surface area contributed by atoms with Crippen LogP contribution in [0.4, 0.5) is 15.3 Å². The predicted molar refractivity (Wildman–Crippen MR) is 154 cm³/mol. The number of carbonyl (C=O) groups excluding carboxylic acids is 3. The number of halogens is 2. The zero-order valence-corrected chi connectivity index (χ0v) is 23.9. The molecule has 9 nitrogen and oxygen atoms in total. The molecule has 0 bridgehead atoms. The van der Waals surface area contributed by atoms with Crippen molar-refractivity contribution in [2.75, 3.05) is 11.9 Å². The van der Waals surface area contributed by atoms with E-state index < -0.39 is 24.5 Å². The van der Waals surface area contributed by atoms with Gasteiger partial charge in [0.15, 0.2) is 6.23 Å². The van der Waals surface area contributed by atoms with Crippen LogP contribution in [0.2, 0.25) is 0 Å². The summed E-state index contributed by atoms with van der Waals surface area (Å²) in [5.41, 5.74) is 1.58. The van der Waals surface area contributed by atoms with Crippen molar-refractivity contribution in [3.63, 3.8) is 0 Å². The molecule has 2 unspecified atom stereocenters. The number of aromatic nitrogens is 1. The molecule has 4 rings (SSSR count). The normalized spacial score (nSPS) is 12.2. The fourth-order valence-corrected chi connectivity index (χ4v) is 4.53. The molecule has 1 aromatic heterocycles. The monoisotopic (exact) mass is 654 g/mol. The van der Waals surface area contributed by atoms with E-state index in [4.69, 9.17) is 9.47 Å². The fraction of sp³-hybridized carbons (Fsp3) is 0.143. The smallest absolute Gasteiger partial charge is 0.413 e. The van der Waals surface area contributed by atoms with E-state index in [0.29, 0.717) is 21.3 Å². The quantitative estimate of drug-likeness (QED) is 0.185. The molecule has 39 heavy (non-hydrogen) atoms. The van der Waals surface area contributed by atoms with Crippen molar-refractivity contribution in [2.24, 2.45) is 0 Å². The van der Waals surface area contributed by atoms with E-state index in [9.17, 15) is 14.4 Å². The Kier molecular flexibility index (Phi) is 9.50. The number of amides is 3. The van der Waals surface area contributed by atoms with Crippen molar-refractivity contribution < 1.29 is 23.9 Å². The highest BCUT2D eigenvalue weighted by Crippen LogP contribution is 2.24. The predicted octanol–water partition coefficient (Wildman–Crippen LogP) is 6.55. The average molecular weight is 656 g/mol. The lowest BCUT2D eigenvalue weighted by atomic mass is 10.1. The molecule has 0 radical (unpaired) electrons. The van der Waals surface area contributed by atoms with Gasteiger partial charge in [0.2, 0.25) is 0 Å². The van der Waals surface area contributed by atoms with E-state index in [0.717, 1.165) is 15.2 Å². The Hall–Kier alpha value is -3.96. The first-order valence-electron chi connectivity index (χ1n) is 11.9. The topological polar surface area (TPSA) is 119 Å².